The van der Waals surface area contributed by atoms with Gasteiger partial charge in [-0.3, -0.25) is 14.7 Å². The summed E-state index contributed by atoms with van der Waals surface area (Å²) in [6.07, 6.45) is 1.31. The molecule has 6 nitrogen and oxygen atoms in total. The van der Waals surface area contributed by atoms with Crippen LogP contribution in [0.2, 0.25) is 0 Å². The summed E-state index contributed by atoms with van der Waals surface area (Å²) in [7, 11) is 1.68. The van der Waals surface area contributed by atoms with Gasteiger partial charge in [0.2, 0.25) is 5.91 Å². The van der Waals surface area contributed by atoms with E-state index in [2.05, 4.69) is 15.5 Å². The van der Waals surface area contributed by atoms with E-state index in [0.717, 1.165) is 5.69 Å². The Morgan fingerprint density at radius 2 is 1.85 bits per heavy atom. The van der Waals surface area contributed by atoms with Crippen molar-refractivity contribution in [2.75, 3.05) is 13.6 Å². The van der Waals surface area contributed by atoms with Gasteiger partial charge in [-0.25, -0.2) is 8.78 Å². The number of carbonyl (C=O) groups is 2. The van der Waals surface area contributed by atoms with Gasteiger partial charge >= 0.3 is 0 Å². The van der Waals surface area contributed by atoms with Gasteiger partial charge in [0.15, 0.2) is 0 Å². The Kier molecular flexibility index (Phi) is 7.92. The van der Waals surface area contributed by atoms with Crippen LogP contribution in [0.25, 0.3) is 11.3 Å². The standard InChI is InChI=1S/C25H28F2N4O2/c1-16(2)23(28-24(32)20-11-4-5-12-21(20)27)25(33)31(3)13-7-10-19-15-22(30-29-19)17-8-6-9-18(26)14-17/h4-6,8-9,11-12,14-16,23H,7,10,13H2,1-3H3,(H,28,32)(H,29,30). The number of carbonyl (C=O) groups excluding carboxylic acids is 2. The van der Waals surface area contributed by atoms with Crippen LogP contribution in [0.5, 0.6) is 0 Å². The Morgan fingerprint density at radius 1 is 1.09 bits per heavy atom. The third kappa shape index (κ3) is 6.25. The number of aromatic nitrogens is 2. The maximum atomic E-state index is 13.9. The summed E-state index contributed by atoms with van der Waals surface area (Å²) in [6, 6.07) is 13.0. The number of aryl methyl sites for hydroxylation is 1. The second-order valence-corrected chi connectivity index (χ2v) is 8.33. The highest BCUT2D eigenvalue weighted by atomic mass is 19.1. The van der Waals surface area contributed by atoms with E-state index in [1.165, 1.54) is 30.3 Å². The number of benzene rings is 2. The van der Waals surface area contributed by atoms with Crippen LogP contribution in [0.15, 0.2) is 54.6 Å². The Morgan fingerprint density at radius 3 is 2.55 bits per heavy atom. The van der Waals surface area contributed by atoms with Crippen molar-refractivity contribution in [3.63, 3.8) is 0 Å². The molecule has 0 fully saturated rings. The molecule has 2 aromatic carbocycles. The molecule has 1 atom stereocenters. The highest BCUT2D eigenvalue weighted by molar-refractivity contribution is 5.97. The van der Waals surface area contributed by atoms with Crippen LogP contribution in [0, 0.1) is 17.6 Å². The summed E-state index contributed by atoms with van der Waals surface area (Å²) in [5.41, 5.74) is 2.13. The zero-order valence-electron chi connectivity index (χ0n) is 18.9. The Bertz CT molecular complexity index is 1110. The smallest absolute Gasteiger partial charge is 0.254 e. The summed E-state index contributed by atoms with van der Waals surface area (Å²) in [4.78, 5) is 27.0. The number of likely N-dealkylation sites (N-methyl/N-ethyl adjacent to an activating group) is 1. The number of hydrogen-bond donors (Lipinski definition) is 2. The van der Waals surface area contributed by atoms with Crippen LogP contribution < -0.4 is 5.32 Å². The fourth-order valence-electron chi connectivity index (χ4n) is 3.52. The van der Waals surface area contributed by atoms with Crippen LogP contribution in [0.4, 0.5) is 8.78 Å². The molecule has 1 heterocycles. The molecule has 0 saturated heterocycles. The van der Waals surface area contributed by atoms with Crippen molar-refractivity contribution >= 4 is 11.8 Å². The van der Waals surface area contributed by atoms with Crippen molar-refractivity contribution in [2.45, 2.75) is 32.7 Å². The molecule has 174 valence electrons. The zero-order chi connectivity index (χ0) is 24.0. The lowest BCUT2D eigenvalue weighted by atomic mass is 10.0. The lowest BCUT2D eigenvalue weighted by molar-refractivity contribution is -0.133. The average Bonchev–Trinajstić information content (AvgIpc) is 3.26. The summed E-state index contributed by atoms with van der Waals surface area (Å²) in [5.74, 6) is -1.97. The molecule has 0 aliphatic carbocycles. The van der Waals surface area contributed by atoms with Crippen LogP contribution in [0.3, 0.4) is 0 Å². The summed E-state index contributed by atoms with van der Waals surface area (Å²) >= 11 is 0. The fourth-order valence-corrected chi connectivity index (χ4v) is 3.52. The number of hydrogen-bond acceptors (Lipinski definition) is 3. The fraction of sp³-hybridized carbons (Fsp3) is 0.320. The summed E-state index contributed by atoms with van der Waals surface area (Å²) in [5, 5.41) is 9.85. The number of H-pyrrole nitrogens is 1. The van der Waals surface area contributed by atoms with Gasteiger partial charge in [-0.15, -0.1) is 0 Å². The van der Waals surface area contributed by atoms with E-state index in [0.29, 0.717) is 30.6 Å². The molecule has 8 heteroatoms. The molecule has 1 unspecified atom stereocenters. The van der Waals surface area contributed by atoms with Gasteiger partial charge < -0.3 is 10.2 Å². The van der Waals surface area contributed by atoms with Gasteiger partial charge in [-0.2, -0.15) is 5.10 Å². The molecule has 0 aliphatic heterocycles. The maximum Gasteiger partial charge on any atom is 0.254 e. The van der Waals surface area contributed by atoms with E-state index in [9.17, 15) is 18.4 Å². The number of rotatable bonds is 9. The van der Waals surface area contributed by atoms with E-state index < -0.39 is 17.8 Å². The molecular weight excluding hydrogens is 426 g/mol. The summed E-state index contributed by atoms with van der Waals surface area (Å²) < 4.78 is 27.3. The lowest BCUT2D eigenvalue weighted by Gasteiger charge is -2.27. The van der Waals surface area contributed by atoms with Crippen LogP contribution in [-0.2, 0) is 11.2 Å². The Hall–Kier alpha value is -3.55. The molecule has 0 spiro atoms. The Balaban J connectivity index is 1.55. The van der Waals surface area contributed by atoms with Crippen LogP contribution >= 0.6 is 0 Å². The number of halogens is 2. The second-order valence-electron chi connectivity index (χ2n) is 8.33. The van der Waals surface area contributed by atoms with Gasteiger partial charge in [-0.1, -0.05) is 38.1 Å². The third-order valence-electron chi connectivity index (χ3n) is 5.40. The Labute approximate surface area is 192 Å². The SMILES string of the molecule is CC(C)C(NC(=O)c1ccccc1F)C(=O)N(C)CCCc1cc(-c2cccc(F)c2)n[nH]1. The van der Waals surface area contributed by atoms with E-state index in [1.807, 2.05) is 19.9 Å². The van der Waals surface area contributed by atoms with Crippen molar-refractivity contribution in [1.82, 2.24) is 20.4 Å². The van der Waals surface area contributed by atoms with E-state index >= 15 is 0 Å². The first-order chi connectivity index (χ1) is 15.8. The first-order valence-electron chi connectivity index (χ1n) is 10.9. The van der Waals surface area contributed by atoms with Gasteiger partial charge in [-0.05, 0) is 49.1 Å². The first-order valence-corrected chi connectivity index (χ1v) is 10.9. The van der Waals surface area contributed by atoms with Crippen LogP contribution in [-0.4, -0.2) is 46.5 Å². The molecule has 0 bridgehead atoms. The highest BCUT2D eigenvalue weighted by Crippen LogP contribution is 2.19. The van der Waals surface area contributed by atoms with Gasteiger partial charge in [0.1, 0.15) is 17.7 Å². The molecule has 3 aromatic rings. The zero-order valence-corrected chi connectivity index (χ0v) is 18.9. The molecular formula is C25H28F2N4O2. The first kappa shape index (κ1) is 24.1. The number of amides is 2. The molecule has 0 radical (unpaired) electrons. The average molecular weight is 455 g/mol. The second kappa shape index (κ2) is 10.8. The predicted octanol–water partition coefficient (Wildman–Crippen LogP) is 4.20. The quantitative estimate of drug-likeness (QED) is 0.509. The minimum atomic E-state index is -0.770. The van der Waals surface area contributed by atoms with Gasteiger partial charge in [0.25, 0.3) is 5.91 Å². The molecule has 0 saturated carbocycles. The van der Waals surface area contributed by atoms with E-state index in [-0.39, 0.29) is 23.2 Å². The van der Waals surface area contributed by atoms with E-state index in [1.54, 1.807) is 30.1 Å². The van der Waals surface area contributed by atoms with Crippen LogP contribution in [0.1, 0.15) is 36.3 Å². The van der Waals surface area contributed by atoms with Gasteiger partial charge in [0.05, 0.1) is 11.3 Å². The highest BCUT2D eigenvalue weighted by Gasteiger charge is 2.28. The van der Waals surface area contributed by atoms with Crippen molar-refractivity contribution in [3.05, 3.63) is 77.5 Å². The molecule has 33 heavy (non-hydrogen) atoms. The molecule has 2 N–H and O–H groups in total. The largest absolute Gasteiger partial charge is 0.344 e. The molecule has 1 aromatic heterocycles. The van der Waals surface area contributed by atoms with Crippen molar-refractivity contribution in [1.29, 1.82) is 0 Å². The third-order valence-corrected chi connectivity index (χ3v) is 5.40. The molecule has 0 aliphatic rings. The molecule has 3 rings (SSSR count). The maximum absolute atomic E-state index is 13.9. The van der Waals surface area contributed by atoms with Gasteiger partial charge in [0, 0.05) is 24.8 Å². The minimum absolute atomic E-state index is 0.0908. The van der Waals surface area contributed by atoms with Crippen molar-refractivity contribution in [3.8, 4) is 11.3 Å². The minimum Gasteiger partial charge on any atom is -0.344 e. The normalized spacial score (nSPS) is 11.9. The molecule has 2 amide bonds. The lowest BCUT2D eigenvalue weighted by Crippen LogP contribution is -2.50. The monoisotopic (exact) mass is 454 g/mol. The number of nitrogens with zero attached hydrogens (tertiary/aromatic N) is 2. The van der Waals surface area contributed by atoms with Crippen molar-refractivity contribution in [2.24, 2.45) is 5.92 Å². The topological polar surface area (TPSA) is 78.1 Å². The number of aromatic amines is 1. The summed E-state index contributed by atoms with van der Waals surface area (Å²) in [6.45, 7) is 4.12. The number of nitrogens with one attached hydrogen (secondary N) is 2. The van der Waals surface area contributed by atoms with E-state index in [4.69, 9.17) is 0 Å². The predicted molar refractivity (Wildman–Crippen MR) is 122 cm³/mol. The van der Waals surface area contributed by atoms with Crippen molar-refractivity contribution < 1.29 is 18.4 Å².